The van der Waals surface area contributed by atoms with E-state index in [2.05, 4.69) is 26.2 Å². The highest BCUT2D eigenvalue weighted by Gasteiger charge is 2.09. The average Bonchev–Trinajstić information content (AvgIpc) is 2.45. The lowest BCUT2D eigenvalue weighted by Gasteiger charge is -2.13. The topological polar surface area (TPSA) is 43.4 Å². The van der Waals surface area contributed by atoms with E-state index in [1.807, 2.05) is 12.1 Å². The Morgan fingerprint density at radius 3 is 2.50 bits per heavy atom. The predicted molar refractivity (Wildman–Crippen MR) is 83.8 cm³/mol. The fourth-order valence-electron chi connectivity index (χ4n) is 1.74. The number of nitrogens with zero attached hydrogens (tertiary/aromatic N) is 1. The van der Waals surface area contributed by atoms with E-state index in [1.54, 1.807) is 32.7 Å². The molecule has 1 heterocycles. The van der Waals surface area contributed by atoms with Crippen molar-refractivity contribution in [3.8, 4) is 11.5 Å². The molecule has 6 heteroatoms. The predicted octanol–water partition coefficient (Wildman–Crippen LogP) is 4.13. The van der Waals surface area contributed by atoms with Crippen LogP contribution in [-0.4, -0.2) is 19.2 Å². The molecule has 0 unspecified atom stereocenters. The number of benzene rings is 1. The number of methoxy groups -OCH3 is 2. The molecule has 0 saturated heterocycles. The fraction of sp³-hybridized carbons (Fsp3) is 0.214. The first kappa shape index (κ1) is 14.9. The number of rotatable bonds is 5. The summed E-state index contributed by atoms with van der Waals surface area (Å²) in [5, 5.41) is 3.83. The van der Waals surface area contributed by atoms with E-state index >= 15 is 0 Å². The first-order chi connectivity index (χ1) is 9.63. The van der Waals surface area contributed by atoms with Gasteiger partial charge in [0.15, 0.2) is 11.5 Å². The smallest absolute Gasteiger partial charge is 0.162 e. The van der Waals surface area contributed by atoms with E-state index in [0.717, 1.165) is 15.7 Å². The molecule has 0 aliphatic rings. The maximum atomic E-state index is 6.21. The molecule has 0 atom stereocenters. The number of pyridine rings is 1. The second-order valence-electron chi connectivity index (χ2n) is 4.05. The van der Waals surface area contributed by atoms with E-state index in [4.69, 9.17) is 21.1 Å². The van der Waals surface area contributed by atoms with Crippen LogP contribution in [0.25, 0.3) is 0 Å². The molecule has 0 bridgehead atoms. The number of halogens is 2. The monoisotopic (exact) mass is 356 g/mol. The molecule has 0 fully saturated rings. The third-order valence-corrected chi connectivity index (χ3v) is 3.46. The zero-order chi connectivity index (χ0) is 14.5. The summed E-state index contributed by atoms with van der Waals surface area (Å²) in [4.78, 5) is 4.12. The van der Waals surface area contributed by atoms with Crippen molar-refractivity contribution in [2.24, 2.45) is 0 Å². The summed E-state index contributed by atoms with van der Waals surface area (Å²) in [7, 11) is 3.17. The maximum absolute atomic E-state index is 6.21. The van der Waals surface area contributed by atoms with Crippen molar-refractivity contribution in [1.29, 1.82) is 0 Å². The molecule has 0 radical (unpaired) electrons. The Bertz CT molecular complexity index is 608. The number of hydrogen-bond acceptors (Lipinski definition) is 4. The number of anilines is 1. The standard InChI is InChI=1S/C14H14BrClN2O2/c1-19-13-4-11(16)12(5-14(13)20-2)18-7-9-3-10(15)8-17-6-9/h3-6,8,18H,7H2,1-2H3. The van der Waals surface area contributed by atoms with Gasteiger partial charge < -0.3 is 14.8 Å². The Labute approximate surface area is 131 Å². The zero-order valence-corrected chi connectivity index (χ0v) is 13.5. The van der Waals surface area contributed by atoms with Gasteiger partial charge in [-0.15, -0.1) is 0 Å². The molecule has 106 valence electrons. The zero-order valence-electron chi connectivity index (χ0n) is 11.1. The van der Waals surface area contributed by atoms with Crippen LogP contribution in [-0.2, 0) is 6.54 Å². The first-order valence-electron chi connectivity index (χ1n) is 5.89. The maximum Gasteiger partial charge on any atom is 0.162 e. The Morgan fingerprint density at radius 2 is 1.85 bits per heavy atom. The lowest BCUT2D eigenvalue weighted by atomic mass is 10.2. The van der Waals surface area contributed by atoms with Gasteiger partial charge >= 0.3 is 0 Å². The molecule has 2 rings (SSSR count). The largest absolute Gasteiger partial charge is 0.493 e. The molecule has 0 aliphatic carbocycles. The summed E-state index contributed by atoms with van der Waals surface area (Å²) >= 11 is 9.60. The molecule has 1 aromatic heterocycles. The Morgan fingerprint density at radius 1 is 1.15 bits per heavy atom. The minimum Gasteiger partial charge on any atom is -0.493 e. The van der Waals surface area contributed by atoms with Gasteiger partial charge in [-0.3, -0.25) is 4.98 Å². The summed E-state index contributed by atoms with van der Waals surface area (Å²) in [6.07, 6.45) is 3.54. The van der Waals surface area contributed by atoms with Gasteiger partial charge in [-0.25, -0.2) is 0 Å². The molecular weight excluding hydrogens is 344 g/mol. The lowest BCUT2D eigenvalue weighted by molar-refractivity contribution is 0.355. The second kappa shape index (κ2) is 6.81. The molecule has 20 heavy (non-hydrogen) atoms. The molecule has 4 nitrogen and oxygen atoms in total. The van der Waals surface area contributed by atoms with E-state index in [9.17, 15) is 0 Å². The summed E-state index contributed by atoms with van der Waals surface area (Å²) in [5.41, 5.74) is 1.83. The normalized spacial score (nSPS) is 10.2. The van der Waals surface area contributed by atoms with Gasteiger partial charge in [0.1, 0.15) is 0 Å². The van der Waals surface area contributed by atoms with Crippen LogP contribution in [0.15, 0.2) is 35.1 Å². The van der Waals surface area contributed by atoms with E-state index in [1.165, 1.54) is 0 Å². The van der Waals surface area contributed by atoms with Crippen LogP contribution in [0.3, 0.4) is 0 Å². The molecule has 0 saturated carbocycles. The third kappa shape index (κ3) is 3.55. The van der Waals surface area contributed by atoms with Gasteiger partial charge in [-0.2, -0.15) is 0 Å². The Balaban J connectivity index is 2.17. The van der Waals surface area contributed by atoms with E-state index in [-0.39, 0.29) is 0 Å². The van der Waals surface area contributed by atoms with Gasteiger partial charge in [0.25, 0.3) is 0 Å². The van der Waals surface area contributed by atoms with Crippen molar-refractivity contribution >= 4 is 33.2 Å². The molecular formula is C14H14BrClN2O2. The SMILES string of the molecule is COc1cc(Cl)c(NCc2cncc(Br)c2)cc1OC. The van der Waals surface area contributed by atoms with Gasteiger partial charge in [0.2, 0.25) is 0 Å². The quantitative estimate of drug-likeness (QED) is 0.874. The van der Waals surface area contributed by atoms with Crippen LogP contribution in [0, 0.1) is 0 Å². The fourth-order valence-corrected chi connectivity index (χ4v) is 2.37. The van der Waals surface area contributed by atoms with Crippen molar-refractivity contribution in [2.75, 3.05) is 19.5 Å². The Kier molecular flexibility index (Phi) is 5.09. The van der Waals surface area contributed by atoms with Gasteiger partial charge in [-0.05, 0) is 27.6 Å². The van der Waals surface area contributed by atoms with Crippen LogP contribution in [0.5, 0.6) is 11.5 Å². The van der Waals surface area contributed by atoms with Crippen molar-refractivity contribution in [3.05, 3.63) is 45.7 Å². The van der Waals surface area contributed by atoms with Crippen LogP contribution in [0.2, 0.25) is 5.02 Å². The van der Waals surface area contributed by atoms with Crippen LogP contribution in [0.4, 0.5) is 5.69 Å². The summed E-state index contributed by atoms with van der Waals surface area (Å²) in [6.45, 7) is 0.613. The molecule has 0 spiro atoms. The van der Waals surface area contributed by atoms with Crippen LogP contribution >= 0.6 is 27.5 Å². The summed E-state index contributed by atoms with van der Waals surface area (Å²) in [5.74, 6) is 1.24. The molecule has 1 aromatic carbocycles. The van der Waals surface area contributed by atoms with Crippen LogP contribution in [0.1, 0.15) is 5.56 Å². The van der Waals surface area contributed by atoms with Gasteiger partial charge in [-0.1, -0.05) is 11.6 Å². The average molecular weight is 358 g/mol. The van der Waals surface area contributed by atoms with E-state index < -0.39 is 0 Å². The minimum absolute atomic E-state index is 0.575. The number of ether oxygens (including phenoxy) is 2. The molecule has 0 amide bonds. The number of nitrogens with one attached hydrogen (secondary N) is 1. The Hall–Kier alpha value is -1.46. The lowest BCUT2D eigenvalue weighted by Crippen LogP contribution is -2.01. The number of aromatic nitrogens is 1. The summed E-state index contributed by atoms with van der Waals surface area (Å²) in [6, 6.07) is 5.53. The van der Waals surface area contributed by atoms with Crippen molar-refractivity contribution < 1.29 is 9.47 Å². The van der Waals surface area contributed by atoms with Gasteiger partial charge in [0.05, 0.1) is 24.9 Å². The summed E-state index contributed by atoms with van der Waals surface area (Å²) < 4.78 is 11.4. The van der Waals surface area contributed by atoms with Crippen molar-refractivity contribution in [3.63, 3.8) is 0 Å². The number of hydrogen-bond donors (Lipinski definition) is 1. The highest BCUT2D eigenvalue weighted by Crippen LogP contribution is 2.36. The molecule has 1 N–H and O–H groups in total. The van der Waals surface area contributed by atoms with Crippen LogP contribution < -0.4 is 14.8 Å². The molecule has 2 aromatic rings. The first-order valence-corrected chi connectivity index (χ1v) is 7.06. The molecule has 0 aliphatic heterocycles. The highest BCUT2D eigenvalue weighted by atomic mass is 79.9. The van der Waals surface area contributed by atoms with Crippen molar-refractivity contribution in [2.45, 2.75) is 6.54 Å². The van der Waals surface area contributed by atoms with Gasteiger partial charge in [0, 0.05) is 35.5 Å². The second-order valence-corrected chi connectivity index (χ2v) is 5.37. The van der Waals surface area contributed by atoms with E-state index in [0.29, 0.717) is 23.1 Å². The highest BCUT2D eigenvalue weighted by molar-refractivity contribution is 9.10. The minimum atomic E-state index is 0.575. The third-order valence-electron chi connectivity index (χ3n) is 2.72. The van der Waals surface area contributed by atoms with Crippen molar-refractivity contribution in [1.82, 2.24) is 4.98 Å².